The highest BCUT2D eigenvalue weighted by Gasteiger charge is 2.46. The summed E-state index contributed by atoms with van der Waals surface area (Å²) >= 11 is 19.8. The van der Waals surface area contributed by atoms with E-state index in [0.29, 0.717) is 20.1 Å². The Bertz CT molecular complexity index is 932. The molecule has 1 aromatic heterocycles. The van der Waals surface area contributed by atoms with E-state index in [-0.39, 0.29) is 11.7 Å². The molecule has 6 nitrogen and oxygen atoms in total. The number of nitrogens with zero attached hydrogens (tertiary/aromatic N) is 2. The van der Waals surface area contributed by atoms with Crippen LogP contribution in [0.25, 0.3) is 0 Å². The first-order chi connectivity index (χ1) is 13.9. The third-order valence-electron chi connectivity index (χ3n) is 5.00. The Morgan fingerprint density at radius 1 is 1.10 bits per heavy atom. The predicted molar refractivity (Wildman–Crippen MR) is 117 cm³/mol. The quantitative estimate of drug-likeness (QED) is 0.651. The van der Waals surface area contributed by atoms with Crippen LogP contribution >= 0.6 is 46.1 Å². The van der Waals surface area contributed by atoms with Gasteiger partial charge in [0.15, 0.2) is 11.8 Å². The lowest BCUT2D eigenvalue weighted by atomic mass is 10.1. The maximum atomic E-state index is 13.3. The molecular formula is C19H19Cl3N4O2S. The molecule has 154 valence electrons. The molecule has 2 saturated heterocycles. The molecule has 2 N–H and O–H groups in total. The summed E-state index contributed by atoms with van der Waals surface area (Å²) in [6.45, 7) is 1.56. The number of anilines is 1. The van der Waals surface area contributed by atoms with Crippen LogP contribution in [-0.4, -0.2) is 35.8 Å². The fraction of sp³-hybridized carbons (Fsp3) is 0.368. The largest absolute Gasteiger partial charge is 0.294 e. The fourth-order valence-corrected chi connectivity index (χ4v) is 5.26. The first kappa shape index (κ1) is 20.9. The van der Waals surface area contributed by atoms with Crippen LogP contribution in [0.2, 0.25) is 14.4 Å². The Balaban J connectivity index is 1.63. The Labute approximate surface area is 187 Å². The van der Waals surface area contributed by atoms with Gasteiger partial charge in [-0.3, -0.25) is 20.0 Å². The Morgan fingerprint density at radius 3 is 2.52 bits per heavy atom. The summed E-state index contributed by atoms with van der Waals surface area (Å²) in [5, 5.41) is 4.36. The smallest absolute Gasteiger partial charge is 0.260 e. The molecule has 0 saturated carbocycles. The van der Waals surface area contributed by atoms with Crippen molar-refractivity contribution in [2.75, 3.05) is 18.1 Å². The lowest BCUT2D eigenvalue weighted by molar-refractivity contribution is -0.133. The SMILES string of the molecule is O=C(NN1CCCCC1)C1NN(c2ccc(Cl)cc2Cl)C(c2ccc(Cl)s2)C1=O. The van der Waals surface area contributed by atoms with Gasteiger partial charge in [0.1, 0.15) is 6.04 Å². The van der Waals surface area contributed by atoms with Crippen LogP contribution in [0.5, 0.6) is 0 Å². The summed E-state index contributed by atoms with van der Waals surface area (Å²) in [6, 6.07) is 6.78. The number of carbonyl (C=O) groups is 2. The number of halogens is 3. The van der Waals surface area contributed by atoms with E-state index in [1.54, 1.807) is 35.3 Å². The number of hydrogen-bond donors (Lipinski definition) is 2. The van der Waals surface area contributed by atoms with Gasteiger partial charge in [0.05, 0.1) is 15.0 Å². The first-order valence-corrected chi connectivity index (χ1v) is 11.2. The molecule has 0 spiro atoms. The minimum absolute atomic E-state index is 0.260. The third-order valence-corrected chi connectivity index (χ3v) is 6.82. The second-order valence-electron chi connectivity index (χ2n) is 7.00. The van der Waals surface area contributed by atoms with Gasteiger partial charge in [-0.25, -0.2) is 10.4 Å². The lowest BCUT2D eigenvalue weighted by Gasteiger charge is -2.28. The van der Waals surface area contributed by atoms with Gasteiger partial charge in [0, 0.05) is 23.0 Å². The van der Waals surface area contributed by atoms with Gasteiger partial charge in [-0.2, -0.15) is 0 Å². The monoisotopic (exact) mass is 472 g/mol. The van der Waals surface area contributed by atoms with Gasteiger partial charge in [-0.05, 0) is 43.2 Å². The average Bonchev–Trinajstić information content (AvgIpc) is 3.25. The van der Waals surface area contributed by atoms with Crippen LogP contribution in [0.3, 0.4) is 0 Å². The van der Waals surface area contributed by atoms with Crippen molar-refractivity contribution in [1.29, 1.82) is 0 Å². The summed E-state index contributed by atoms with van der Waals surface area (Å²) in [7, 11) is 0. The minimum Gasteiger partial charge on any atom is -0.294 e. The average molecular weight is 474 g/mol. The highest BCUT2D eigenvalue weighted by molar-refractivity contribution is 7.16. The Hall–Kier alpha value is -1.35. The van der Waals surface area contributed by atoms with Gasteiger partial charge in [-0.1, -0.05) is 41.2 Å². The van der Waals surface area contributed by atoms with E-state index in [2.05, 4.69) is 10.9 Å². The van der Waals surface area contributed by atoms with Crippen LogP contribution in [0.15, 0.2) is 30.3 Å². The summed E-state index contributed by atoms with van der Waals surface area (Å²) in [5.41, 5.74) is 6.48. The molecule has 0 radical (unpaired) electrons. The molecule has 29 heavy (non-hydrogen) atoms. The van der Waals surface area contributed by atoms with E-state index < -0.39 is 12.1 Å². The van der Waals surface area contributed by atoms with Crippen molar-refractivity contribution < 1.29 is 9.59 Å². The van der Waals surface area contributed by atoms with E-state index in [4.69, 9.17) is 34.8 Å². The molecule has 1 amide bonds. The van der Waals surface area contributed by atoms with Gasteiger partial charge in [0.25, 0.3) is 5.91 Å². The van der Waals surface area contributed by atoms with Crippen molar-refractivity contribution in [1.82, 2.24) is 15.9 Å². The molecule has 3 heterocycles. The topological polar surface area (TPSA) is 64.7 Å². The van der Waals surface area contributed by atoms with E-state index in [1.807, 2.05) is 5.01 Å². The number of hydrazine groups is 2. The standard InChI is InChI=1S/C19H19Cl3N4O2S/c20-11-4-5-13(12(21)10-11)26-17(14-6-7-15(22)29-14)18(27)16(23-26)19(28)24-25-8-2-1-3-9-25/h4-7,10,16-17,23H,1-3,8-9H2,(H,24,28). The number of benzene rings is 1. The maximum absolute atomic E-state index is 13.3. The van der Waals surface area contributed by atoms with Crippen molar-refractivity contribution in [3.05, 3.63) is 49.6 Å². The second-order valence-corrected chi connectivity index (χ2v) is 9.59. The van der Waals surface area contributed by atoms with E-state index in [9.17, 15) is 9.59 Å². The van der Waals surface area contributed by atoms with Crippen LogP contribution in [0.4, 0.5) is 5.69 Å². The molecule has 2 aliphatic heterocycles. The van der Waals surface area contributed by atoms with Gasteiger partial charge in [0.2, 0.25) is 0 Å². The molecule has 2 atom stereocenters. The molecular weight excluding hydrogens is 455 g/mol. The van der Waals surface area contributed by atoms with E-state index in [1.165, 1.54) is 11.3 Å². The van der Waals surface area contributed by atoms with Crippen molar-refractivity contribution in [2.24, 2.45) is 0 Å². The Morgan fingerprint density at radius 2 is 1.86 bits per heavy atom. The Kier molecular flexibility index (Phi) is 6.34. The molecule has 4 rings (SSSR count). The zero-order valence-corrected chi connectivity index (χ0v) is 18.4. The van der Waals surface area contributed by atoms with Crippen LogP contribution in [0.1, 0.15) is 30.2 Å². The summed E-state index contributed by atoms with van der Waals surface area (Å²) in [6.07, 6.45) is 3.20. The summed E-state index contributed by atoms with van der Waals surface area (Å²) in [4.78, 5) is 26.9. The van der Waals surface area contributed by atoms with Crippen LogP contribution in [0, 0.1) is 0 Å². The third kappa shape index (κ3) is 4.40. The molecule has 2 aliphatic rings. The van der Waals surface area contributed by atoms with Crippen molar-refractivity contribution >= 4 is 63.5 Å². The molecule has 0 aliphatic carbocycles. The molecule has 2 aromatic rings. The highest BCUT2D eigenvalue weighted by Crippen LogP contribution is 2.40. The van der Waals surface area contributed by atoms with Crippen molar-refractivity contribution in [3.8, 4) is 0 Å². The highest BCUT2D eigenvalue weighted by atomic mass is 35.5. The van der Waals surface area contributed by atoms with Crippen molar-refractivity contribution in [3.63, 3.8) is 0 Å². The second kappa shape index (κ2) is 8.79. The number of amides is 1. The molecule has 1 aromatic carbocycles. The zero-order chi connectivity index (χ0) is 20.5. The number of ketones is 1. The van der Waals surface area contributed by atoms with Crippen molar-refractivity contribution in [2.45, 2.75) is 31.3 Å². The predicted octanol–water partition coefficient (Wildman–Crippen LogP) is 4.23. The van der Waals surface area contributed by atoms with Gasteiger partial charge in [-0.15, -0.1) is 11.3 Å². The number of carbonyl (C=O) groups excluding carboxylic acids is 2. The lowest BCUT2D eigenvalue weighted by Crippen LogP contribution is -2.53. The normalized spacial score (nSPS) is 22.9. The zero-order valence-electron chi connectivity index (χ0n) is 15.3. The molecule has 2 unspecified atom stereocenters. The molecule has 10 heteroatoms. The first-order valence-electron chi connectivity index (χ1n) is 9.29. The van der Waals surface area contributed by atoms with Crippen LogP contribution in [-0.2, 0) is 9.59 Å². The molecule has 2 fully saturated rings. The van der Waals surface area contributed by atoms with Crippen LogP contribution < -0.4 is 15.9 Å². The number of rotatable bonds is 4. The van der Waals surface area contributed by atoms with Gasteiger partial charge < -0.3 is 0 Å². The summed E-state index contributed by atoms with van der Waals surface area (Å²) in [5.74, 6) is -0.638. The number of thiophene rings is 1. The fourth-order valence-electron chi connectivity index (χ4n) is 3.60. The van der Waals surface area contributed by atoms with Gasteiger partial charge >= 0.3 is 0 Å². The number of nitrogens with one attached hydrogen (secondary N) is 2. The number of hydrogen-bond acceptors (Lipinski definition) is 6. The van der Waals surface area contributed by atoms with E-state index in [0.717, 1.165) is 37.2 Å². The number of Topliss-reactive ketones (excluding diaryl/α,β-unsaturated/α-hetero) is 1. The number of piperidine rings is 1. The van der Waals surface area contributed by atoms with E-state index >= 15 is 0 Å². The minimum atomic E-state index is -1.03. The molecule has 0 bridgehead atoms. The maximum Gasteiger partial charge on any atom is 0.260 e. The summed E-state index contributed by atoms with van der Waals surface area (Å²) < 4.78 is 0.566.